The Kier molecular flexibility index (Phi) is 4.03. The van der Waals surface area contributed by atoms with Crippen molar-refractivity contribution >= 4 is 22.8 Å². The largest absolute Gasteiger partial charge is 0.378 e. The highest BCUT2D eigenvalue weighted by atomic mass is 16.3. The van der Waals surface area contributed by atoms with Gasteiger partial charge in [-0.3, -0.25) is 4.79 Å². The molecule has 1 aliphatic carbocycles. The maximum atomic E-state index is 13.0. The van der Waals surface area contributed by atoms with Crippen LogP contribution in [-0.4, -0.2) is 31.1 Å². The molecule has 1 fully saturated rings. The van der Waals surface area contributed by atoms with E-state index in [4.69, 9.17) is 5.73 Å². The molecule has 1 saturated carbocycles. The lowest BCUT2D eigenvalue weighted by molar-refractivity contribution is 0.0944. The SMILES string of the molecule is Nc1ncc2c(n1)-c1c(n(CC#CC3(O)CCCC3)c3ccccc13)C(=O)NC2. The van der Waals surface area contributed by atoms with E-state index in [-0.39, 0.29) is 11.9 Å². The topological polar surface area (TPSA) is 106 Å². The third-order valence-electron chi connectivity index (χ3n) is 5.73. The van der Waals surface area contributed by atoms with Crippen LogP contribution in [0.4, 0.5) is 5.95 Å². The first-order valence-corrected chi connectivity index (χ1v) is 9.79. The van der Waals surface area contributed by atoms with E-state index in [2.05, 4.69) is 27.1 Å². The number of hydrogen-bond donors (Lipinski definition) is 3. The minimum Gasteiger partial charge on any atom is -0.378 e. The van der Waals surface area contributed by atoms with Gasteiger partial charge in [0, 0.05) is 29.3 Å². The molecule has 29 heavy (non-hydrogen) atoms. The fraction of sp³-hybridized carbons (Fsp3) is 0.318. The van der Waals surface area contributed by atoms with Gasteiger partial charge >= 0.3 is 0 Å². The number of para-hydroxylation sites is 1. The summed E-state index contributed by atoms with van der Waals surface area (Å²) >= 11 is 0. The van der Waals surface area contributed by atoms with Crippen molar-refractivity contribution in [1.82, 2.24) is 19.9 Å². The van der Waals surface area contributed by atoms with Gasteiger partial charge in [0.15, 0.2) is 0 Å². The minimum atomic E-state index is -0.906. The number of benzene rings is 1. The number of aromatic nitrogens is 3. The summed E-state index contributed by atoms with van der Waals surface area (Å²) in [5.74, 6) is 6.13. The number of rotatable bonds is 1. The summed E-state index contributed by atoms with van der Waals surface area (Å²) in [5.41, 5.74) is 8.59. The molecule has 2 aromatic heterocycles. The van der Waals surface area contributed by atoms with Gasteiger partial charge in [0.25, 0.3) is 5.91 Å². The quantitative estimate of drug-likeness (QED) is 0.555. The Balaban J connectivity index is 1.71. The molecule has 146 valence electrons. The van der Waals surface area contributed by atoms with Gasteiger partial charge in [-0.05, 0) is 31.7 Å². The number of nitrogen functional groups attached to an aromatic ring is 1. The second kappa shape index (κ2) is 6.61. The predicted molar refractivity (Wildman–Crippen MR) is 110 cm³/mol. The molecular weight excluding hydrogens is 366 g/mol. The number of carbonyl (C=O) groups is 1. The molecule has 7 heteroatoms. The van der Waals surface area contributed by atoms with E-state index in [0.29, 0.717) is 37.3 Å². The molecule has 0 saturated heterocycles. The Morgan fingerprint density at radius 1 is 1.28 bits per heavy atom. The zero-order valence-corrected chi connectivity index (χ0v) is 15.9. The van der Waals surface area contributed by atoms with Crippen molar-refractivity contribution in [3.63, 3.8) is 0 Å². The monoisotopic (exact) mass is 387 g/mol. The van der Waals surface area contributed by atoms with Gasteiger partial charge in [-0.15, -0.1) is 0 Å². The van der Waals surface area contributed by atoms with Gasteiger partial charge in [-0.2, -0.15) is 0 Å². The molecule has 2 aliphatic rings. The Morgan fingerprint density at radius 3 is 2.90 bits per heavy atom. The van der Waals surface area contributed by atoms with Crippen molar-refractivity contribution in [3.8, 4) is 23.1 Å². The zero-order valence-electron chi connectivity index (χ0n) is 15.9. The van der Waals surface area contributed by atoms with Crippen molar-refractivity contribution in [2.75, 3.05) is 5.73 Å². The van der Waals surface area contributed by atoms with E-state index in [1.54, 1.807) is 6.20 Å². The number of anilines is 1. The van der Waals surface area contributed by atoms with Crippen LogP contribution < -0.4 is 11.1 Å². The van der Waals surface area contributed by atoms with E-state index in [1.807, 2.05) is 28.8 Å². The van der Waals surface area contributed by atoms with Gasteiger partial charge in [0.2, 0.25) is 5.95 Å². The summed E-state index contributed by atoms with van der Waals surface area (Å²) in [7, 11) is 0. The van der Waals surface area contributed by atoms with Crippen LogP contribution in [0.25, 0.3) is 22.2 Å². The van der Waals surface area contributed by atoms with Crippen LogP contribution in [0, 0.1) is 11.8 Å². The molecule has 0 unspecified atom stereocenters. The van der Waals surface area contributed by atoms with Crippen LogP contribution in [0.15, 0.2) is 30.5 Å². The van der Waals surface area contributed by atoms with E-state index in [1.165, 1.54) is 0 Å². The molecule has 5 rings (SSSR count). The van der Waals surface area contributed by atoms with E-state index in [9.17, 15) is 9.90 Å². The molecule has 0 spiro atoms. The third-order valence-corrected chi connectivity index (χ3v) is 5.73. The number of nitrogens with two attached hydrogens (primary N) is 1. The fourth-order valence-electron chi connectivity index (χ4n) is 4.34. The number of nitrogens with zero attached hydrogens (tertiary/aromatic N) is 3. The second-order valence-corrected chi connectivity index (χ2v) is 7.65. The first-order chi connectivity index (χ1) is 14.1. The number of fused-ring (bicyclic) bond motifs is 5. The van der Waals surface area contributed by atoms with Gasteiger partial charge in [0.05, 0.1) is 17.8 Å². The molecule has 1 amide bonds. The highest BCUT2D eigenvalue weighted by molar-refractivity contribution is 6.11. The highest BCUT2D eigenvalue weighted by Crippen LogP contribution is 2.37. The number of aliphatic hydroxyl groups is 1. The van der Waals surface area contributed by atoms with Crippen molar-refractivity contribution in [1.29, 1.82) is 0 Å². The standard InChI is InChI=1S/C22H21N5O2/c23-21-25-13-14-12-24-20(28)19-17(18(14)26-21)15-6-1-2-7-16(15)27(19)11-5-10-22(29)8-3-4-9-22/h1-2,6-7,13,29H,3-4,8-9,11-12H2,(H,24,28)(H2,23,25,26). The van der Waals surface area contributed by atoms with Crippen LogP contribution in [0.1, 0.15) is 41.7 Å². The Labute approximate surface area is 168 Å². The van der Waals surface area contributed by atoms with E-state index < -0.39 is 5.60 Å². The van der Waals surface area contributed by atoms with Crippen LogP contribution in [0.5, 0.6) is 0 Å². The van der Waals surface area contributed by atoms with E-state index >= 15 is 0 Å². The minimum absolute atomic E-state index is 0.170. The summed E-state index contributed by atoms with van der Waals surface area (Å²) in [4.78, 5) is 21.6. The average Bonchev–Trinajstić information content (AvgIpc) is 3.25. The van der Waals surface area contributed by atoms with Gasteiger partial charge < -0.3 is 20.7 Å². The summed E-state index contributed by atoms with van der Waals surface area (Å²) in [5, 5.41) is 14.4. The maximum absolute atomic E-state index is 13.0. The highest BCUT2D eigenvalue weighted by Gasteiger charge is 2.30. The smallest absolute Gasteiger partial charge is 0.268 e. The van der Waals surface area contributed by atoms with Crippen LogP contribution in [0.2, 0.25) is 0 Å². The lowest BCUT2D eigenvalue weighted by Crippen LogP contribution is -2.24. The van der Waals surface area contributed by atoms with Gasteiger partial charge in [0.1, 0.15) is 11.3 Å². The predicted octanol–water partition coefficient (Wildman–Crippen LogP) is 2.23. The van der Waals surface area contributed by atoms with Crippen molar-refractivity contribution in [2.45, 2.75) is 44.4 Å². The fourth-order valence-corrected chi connectivity index (χ4v) is 4.34. The molecular formula is C22H21N5O2. The van der Waals surface area contributed by atoms with Crippen molar-refractivity contribution < 1.29 is 9.90 Å². The first-order valence-electron chi connectivity index (χ1n) is 9.79. The number of nitrogens with one attached hydrogen (secondary N) is 1. The van der Waals surface area contributed by atoms with Crippen molar-refractivity contribution in [2.24, 2.45) is 0 Å². The zero-order chi connectivity index (χ0) is 20.0. The third kappa shape index (κ3) is 2.93. The summed E-state index contributed by atoms with van der Waals surface area (Å²) < 4.78 is 1.90. The van der Waals surface area contributed by atoms with Gasteiger partial charge in [-0.25, -0.2) is 9.97 Å². The lowest BCUT2D eigenvalue weighted by Gasteiger charge is -2.13. The number of amides is 1. The Bertz CT molecular complexity index is 1200. The molecule has 1 aliphatic heterocycles. The molecule has 0 radical (unpaired) electrons. The molecule has 0 bridgehead atoms. The van der Waals surface area contributed by atoms with Gasteiger partial charge in [-0.1, -0.05) is 30.0 Å². The molecule has 4 N–H and O–H groups in total. The molecule has 1 aromatic carbocycles. The van der Waals surface area contributed by atoms with Crippen LogP contribution in [0.3, 0.4) is 0 Å². The van der Waals surface area contributed by atoms with Crippen LogP contribution in [-0.2, 0) is 13.1 Å². The molecule has 3 aromatic rings. The molecule has 3 heterocycles. The summed E-state index contributed by atoms with van der Waals surface area (Å²) in [6, 6.07) is 7.81. The number of hydrogen-bond acceptors (Lipinski definition) is 5. The van der Waals surface area contributed by atoms with Crippen molar-refractivity contribution in [3.05, 3.63) is 41.7 Å². The van der Waals surface area contributed by atoms with Crippen LogP contribution >= 0.6 is 0 Å². The number of carbonyl (C=O) groups excluding carboxylic acids is 1. The first kappa shape index (κ1) is 17.7. The summed E-state index contributed by atoms with van der Waals surface area (Å²) in [6.07, 6.45) is 5.05. The average molecular weight is 387 g/mol. The normalized spacial score (nSPS) is 17.1. The Morgan fingerprint density at radius 2 is 2.07 bits per heavy atom. The lowest BCUT2D eigenvalue weighted by atomic mass is 10.0. The Hall–Kier alpha value is -3.37. The molecule has 0 atom stereocenters. The molecule has 7 nitrogen and oxygen atoms in total. The maximum Gasteiger partial charge on any atom is 0.268 e. The van der Waals surface area contributed by atoms with E-state index in [0.717, 1.165) is 34.9 Å². The summed E-state index contributed by atoms with van der Waals surface area (Å²) in [6.45, 7) is 0.643. The second-order valence-electron chi connectivity index (χ2n) is 7.65.